The van der Waals surface area contributed by atoms with Gasteiger partial charge in [0.1, 0.15) is 5.76 Å². The van der Waals surface area contributed by atoms with Gasteiger partial charge in [-0.3, -0.25) is 9.20 Å². The molecule has 1 unspecified atom stereocenters. The molecule has 0 aliphatic heterocycles. The van der Waals surface area contributed by atoms with Crippen molar-refractivity contribution in [3.05, 3.63) is 77.6 Å². The molecule has 32 heavy (non-hydrogen) atoms. The number of nitrogens with zero attached hydrogens (tertiary/aromatic N) is 2. The second-order valence-electron chi connectivity index (χ2n) is 7.59. The highest BCUT2D eigenvalue weighted by Gasteiger charge is 2.18. The summed E-state index contributed by atoms with van der Waals surface area (Å²) in [4.78, 5) is 18.4. The lowest BCUT2D eigenvalue weighted by atomic mass is 10.2. The van der Waals surface area contributed by atoms with E-state index in [1.54, 1.807) is 0 Å². The predicted octanol–water partition coefficient (Wildman–Crippen LogP) is 5.63. The number of hydrogen-bond donors (Lipinski definition) is 1. The molecule has 1 amide bonds. The number of carbonyl (C=O) groups is 1. The summed E-state index contributed by atoms with van der Waals surface area (Å²) in [6, 6.07) is 17.5. The Morgan fingerprint density at radius 1 is 1.22 bits per heavy atom. The van der Waals surface area contributed by atoms with E-state index < -0.39 is 0 Å². The lowest BCUT2D eigenvalue weighted by Gasteiger charge is -2.11. The van der Waals surface area contributed by atoms with Gasteiger partial charge in [-0.2, -0.15) is 0 Å². The van der Waals surface area contributed by atoms with Gasteiger partial charge in [-0.25, -0.2) is 4.98 Å². The summed E-state index contributed by atoms with van der Waals surface area (Å²) >= 11 is 1.54. The average molecular weight is 446 g/mol. The molecular formula is C25H23N3O3S. The molecule has 1 atom stereocenters. The topological polar surface area (TPSA) is 68.8 Å². The van der Waals surface area contributed by atoms with Crippen molar-refractivity contribution in [1.29, 1.82) is 0 Å². The van der Waals surface area contributed by atoms with Crippen LogP contribution in [0.25, 0.3) is 27.2 Å². The predicted molar refractivity (Wildman–Crippen MR) is 126 cm³/mol. The number of amides is 1. The number of carbonyl (C=O) groups excluding carboxylic acids is 1. The number of furan rings is 1. The Bertz CT molecular complexity index is 1380. The molecule has 6 nitrogen and oxygen atoms in total. The van der Waals surface area contributed by atoms with Crippen LogP contribution in [0.3, 0.4) is 0 Å². The zero-order chi connectivity index (χ0) is 22.1. The number of thiazole rings is 1. The third kappa shape index (κ3) is 3.87. The highest BCUT2D eigenvalue weighted by molar-refractivity contribution is 7.15. The largest absolute Gasteiger partial charge is 0.490 e. The van der Waals surface area contributed by atoms with E-state index in [0.29, 0.717) is 23.7 Å². The third-order valence-electron chi connectivity index (χ3n) is 5.33. The van der Waals surface area contributed by atoms with Crippen molar-refractivity contribution in [2.45, 2.75) is 26.3 Å². The Morgan fingerprint density at radius 2 is 2.06 bits per heavy atom. The molecule has 2 aromatic carbocycles. The number of para-hydroxylation sites is 1. The summed E-state index contributed by atoms with van der Waals surface area (Å²) < 4.78 is 13.7. The minimum atomic E-state index is -0.263. The molecule has 1 N–H and O–H groups in total. The van der Waals surface area contributed by atoms with E-state index in [9.17, 15) is 4.79 Å². The van der Waals surface area contributed by atoms with Gasteiger partial charge in [-0.15, -0.1) is 11.3 Å². The van der Waals surface area contributed by atoms with Crippen LogP contribution in [0.2, 0.25) is 0 Å². The number of nitrogens with one attached hydrogen (secondary N) is 1. The maximum atomic E-state index is 12.8. The summed E-state index contributed by atoms with van der Waals surface area (Å²) in [5, 5.41) is 5.99. The van der Waals surface area contributed by atoms with Gasteiger partial charge in [0, 0.05) is 28.2 Å². The Labute approximate surface area is 189 Å². The number of aromatic nitrogens is 2. The summed E-state index contributed by atoms with van der Waals surface area (Å²) in [5.74, 6) is 1.34. The van der Waals surface area contributed by atoms with Crippen LogP contribution in [0.15, 0.2) is 70.6 Å². The lowest BCUT2D eigenvalue weighted by molar-refractivity contribution is -0.121. The molecule has 0 aliphatic carbocycles. The smallest absolute Gasteiger partial charge is 0.226 e. The number of imidazole rings is 1. The Hall–Kier alpha value is -3.58. The van der Waals surface area contributed by atoms with Gasteiger partial charge in [0.05, 0.1) is 24.8 Å². The fraction of sp³-hybridized carbons (Fsp3) is 0.200. The highest BCUT2D eigenvalue weighted by Crippen LogP contribution is 2.31. The molecule has 0 spiro atoms. The number of hydrogen-bond acceptors (Lipinski definition) is 5. The van der Waals surface area contributed by atoms with Crippen molar-refractivity contribution >= 4 is 33.2 Å². The van der Waals surface area contributed by atoms with Gasteiger partial charge >= 0.3 is 0 Å². The van der Waals surface area contributed by atoms with Crippen LogP contribution in [0.4, 0.5) is 0 Å². The summed E-state index contributed by atoms with van der Waals surface area (Å²) in [5.41, 5.74) is 3.58. The normalized spacial score (nSPS) is 12.3. The molecular weight excluding hydrogens is 422 g/mol. The molecule has 0 saturated heterocycles. The third-order valence-corrected chi connectivity index (χ3v) is 6.21. The Morgan fingerprint density at radius 3 is 2.88 bits per heavy atom. The van der Waals surface area contributed by atoms with Crippen molar-refractivity contribution in [2.75, 3.05) is 6.61 Å². The maximum Gasteiger partial charge on any atom is 0.226 e. The zero-order valence-electron chi connectivity index (χ0n) is 17.9. The van der Waals surface area contributed by atoms with E-state index in [2.05, 4.69) is 10.3 Å². The molecule has 3 heterocycles. The summed E-state index contributed by atoms with van der Waals surface area (Å²) in [7, 11) is 0. The number of rotatable bonds is 7. The van der Waals surface area contributed by atoms with Gasteiger partial charge in [0.15, 0.2) is 16.3 Å². The monoisotopic (exact) mass is 445 g/mol. The minimum absolute atomic E-state index is 0.0716. The highest BCUT2D eigenvalue weighted by atomic mass is 32.1. The second-order valence-corrected chi connectivity index (χ2v) is 8.43. The minimum Gasteiger partial charge on any atom is -0.490 e. The number of fused-ring (bicyclic) bond motifs is 2. The van der Waals surface area contributed by atoms with Crippen molar-refractivity contribution < 1.29 is 13.9 Å². The van der Waals surface area contributed by atoms with E-state index in [1.807, 2.05) is 84.4 Å². The van der Waals surface area contributed by atoms with E-state index in [4.69, 9.17) is 9.15 Å². The Kier molecular flexibility index (Phi) is 5.41. The number of benzene rings is 2. The molecule has 7 heteroatoms. The molecule has 0 fully saturated rings. The standard InChI is InChI=1S/C25H23N3O3S/c1-3-30-21-11-7-10-18-12-22(31-24(18)21)16(2)26-23(29)13-19-15-32-25-27-20(14-28(19)25)17-8-5-4-6-9-17/h4-12,14-16H,3,13H2,1-2H3,(H,26,29). The van der Waals surface area contributed by atoms with Gasteiger partial charge in [-0.05, 0) is 26.0 Å². The van der Waals surface area contributed by atoms with Gasteiger partial charge in [0.25, 0.3) is 0 Å². The molecule has 0 aliphatic rings. The number of ether oxygens (including phenoxy) is 1. The van der Waals surface area contributed by atoms with Crippen LogP contribution in [-0.2, 0) is 11.2 Å². The van der Waals surface area contributed by atoms with Crippen LogP contribution in [0.5, 0.6) is 5.75 Å². The van der Waals surface area contributed by atoms with Crippen molar-refractivity contribution in [1.82, 2.24) is 14.7 Å². The fourth-order valence-electron chi connectivity index (χ4n) is 3.77. The van der Waals surface area contributed by atoms with E-state index in [1.165, 1.54) is 11.3 Å². The van der Waals surface area contributed by atoms with Gasteiger partial charge in [-0.1, -0.05) is 42.5 Å². The average Bonchev–Trinajstić information content (AvgIpc) is 3.50. The first-order valence-corrected chi connectivity index (χ1v) is 11.5. The first-order chi connectivity index (χ1) is 15.6. The SMILES string of the molecule is CCOc1cccc2cc(C(C)NC(=O)Cc3csc4nc(-c5ccccc5)cn34)oc12. The van der Waals surface area contributed by atoms with Crippen molar-refractivity contribution in [3.63, 3.8) is 0 Å². The van der Waals surface area contributed by atoms with Crippen LogP contribution in [0, 0.1) is 0 Å². The van der Waals surface area contributed by atoms with Crippen LogP contribution >= 0.6 is 11.3 Å². The van der Waals surface area contributed by atoms with E-state index in [-0.39, 0.29) is 18.4 Å². The molecule has 0 saturated carbocycles. The van der Waals surface area contributed by atoms with Crippen LogP contribution in [0.1, 0.15) is 31.3 Å². The molecule has 5 aromatic rings. The van der Waals surface area contributed by atoms with Crippen LogP contribution in [-0.4, -0.2) is 21.9 Å². The summed E-state index contributed by atoms with van der Waals surface area (Å²) in [6.45, 7) is 4.43. The second kappa shape index (κ2) is 8.51. The maximum absolute atomic E-state index is 12.8. The quantitative estimate of drug-likeness (QED) is 0.353. The Balaban J connectivity index is 1.31. The summed E-state index contributed by atoms with van der Waals surface area (Å²) in [6.07, 6.45) is 2.25. The molecule has 3 aromatic heterocycles. The molecule has 0 radical (unpaired) electrons. The van der Waals surface area contributed by atoms with Crippen molar-refractivity contribution in [2.24, 2.45) is 0 Å². The lowest BCUT2D eigenvalue weighted by Crippen LogP contribution is -2.28. The molecule has 0 bridgehead atoms. The molecule has 162 valence electrons. The van der Waals surface area contributed by atoms with Crippen molar-refractivity contribution in [3.8, 4) is 17.0 Å². The first-order valence-electron chi connectivity index (χ1n) is 10.6. The van der Waals surface area contributed by atoms with E-state index in [0.717, 1.165) is 27.3 Å². The zero-order valence-corrected chi connectivity index (χ0v) is 18.7. The molecule has 5 rings (SSSR count). The fourth-order valence-corrected chi connectivity index (χ4v) is 4.64. The first kappa shape index (κ1) is 20.3. The van der Waals surface area contributed by atoms with E-state index >= 15 is 0 Å². The van der Waals surface area contributed by atoms with Crippen LogP contribution < -0.4 is 10.1 Å². The van der Waals surface area contributed by atoms with Gasteiger partial charge < -0.3 is 14.5 Å². The van der Waals surface area contributed by atoms with Gasteiger partial charge in [0.2, 0.25) is 5.91 Å².